The minimum Gasteiger partial charge on any atom is -0.612 e. The van der Waals surface area contributed by atoms with E-state index in [1.165, 1.54) is 0 Å². The first-order chi connectivity index (χ1) is 11.8. The van der Waals surface area contributed by atoms with Crippen molar-refractivity contribution in [1.29, 1.82) is 0 Å². The van der Waals surface area contributed by atoms with Crippen LogP contribution < -0.4 is 0 Å². The molecule has 0 radical (unpaired) electrons. The molecular weight excluding hydrogens is 336 g/mol. The van der Waals surface area contributed by atoms with Gasteiger partial charge in [0.1, 0.15) is 17.4 Å². The summed E-state index contributed by atoms with van der Waals surface area (Å²) in [4.78, 5) is 26.0. The molecular formula is C20H18O4S. The molecule has 1 unspecified atom stereocenters. The van der Waals surface area contributed by atoms with Crippen LogP contribution in [0.4, 0.5) is 0 Å². The smallest absolute Gasteiger partial charge is 0.343 e. The first kappa shape index (κ1) is 17.5. The summed E-state index contributed by atoms with van der Waals surface area (Å²) in [6, 6.07) is 15.7. The third kappa shape index (κ3) is 3.25. The highest BCUT2D eigenvalue weighted by Crippen LogP contribution is 2.40. The van der Waals surface area contributed by atoms with Crippen LogP contribution in [-0.2, 0) is 20.7 Å². The van der Waals surface area contributed by atoms with E-state index in [4.69, 9.17) is 4.74 Å². The Kier molecular flexibility index (Phi) is 4.54. The number of hydrogen-bond donors (Lipinski definition) is 0. The van der Waals surface area contributed by atoms with Gasteiger partial charge in [-0.15, -0.1) is 0 Å². The summed E-state index contributed by atoms with van der Waals surface area (Å²) < 4.78 is 17.0. The molecule has 25 heavy (non-hydrogen) atoms. The Morgan fingerprint density at radius 3 is 2.20 bits per heavy atom. The van der Waals surface area contributed by atoms with E-state index in [0.717, 1.165) is 0 Å². The second-order valence-corrected chi connectivity index (χ2v) is 7.70. The number of cyclic esters (lactones) is 1. The Morgan fingerprint density at radius 1 is 1.04 bits per heavy atom. The first-order valence-electron chi connectivity index (χ1n) is 7.83. The predicted octanol–water partition coefficient (Wildman–Crippen LogP) is 3.40. The number of rotatable bonds is 4. The summed E-state index contributed by atoms with van der Waals surface area (Å²) in [5.41, 5.74) is 0.852. The lowest BCUT2D eigenvalue weighted by Gasteiger charge is -2.21. The molecule has 0 saturated carbocycles. The molecule has 0 aliphatic carbocycles. The molecule has 0 amide bonds. The fourth-order valence-corrected chi connectivity index (χ4v) is 3.50. The van der Waals surface area contributed by atoms with Crippen molar-refractivity contribution in [2.45, 2.75) is 24.3 Å². The maximum atomic E-state index is 12.9. The number of benzene rings is 2. The highest BCUT2D eigenvalue weighted by atomic mass is 32.2. The maximum absolute atomic E-state index is 12.9. The van der Waals surface area contributed by atoms with Crippen LogP contribution in [0.2, 0.25) is 0 Å². The lowest BCUT2D eigenvalue weighted by Crippen LogP contribution is -2.22. The summed E-state index contributed by atoms with van der Waals surface area (Å²) in [5.74, 6) is -0.966. The number of Topliss-reactive ketones (excluding diaryl/α,β-unsaturated/α-hetero) is 1. The lowest BCUT2D eigenvalue weighted by atomic mass is 9.87. The minimum atomic E-state index is -1.09. The van der Waals surface area contributed by atoms with Crippen LogP contribution in [0.15, 0.2) is 65.1 Å². The van der Waals surface area contributed by atoms with E-state index >= 15 is 0 Å². The van der Waals surface area contributed by atoms with E-state index in [1.807, 2.05) is 6.07 Å². The Hall–Kier alpha value is -2.37. The Balaban J connectivity index is 2.14. The fourth-order valence-electron chi connectivity index (χ4n) is 2.98. The molecule has 3 rings (SSSR count). The topological polar surface area (TPSA) is 66.4 Å². The van der Waals surface area contributed by atoms with Gasteiger partial charge in [-0.1, -0.05) is 30.3 Å². The predicted molar refractivity (Wildman–Crippen MR) is 96.6 cm³/mol. The van der Waals surface area contributed by atoms with Crippen LogP contribution in [0.1, 0.15) is 29.8 Å². The third-order valence-corrected chi connectivity index (χ3v) is 5.08. The summed E-state index contributed by atoms with van der Waals surface area (Å²) >= 11 is -1.09. The average Bonchev–Trinajstić information content (AvgIpc) is 2.83. The van der Waals surface area contributed by atoms with Crippen molar-refractivity contribution in [3.05, 3.63) is 71.3 Å². The number of carbonyl (C=O) groups excluding carboxylic acids is 2. The van der Waals surface area contributed by atoms with Gasteiger partial charge in [-0.05, 0) is 54.9 Å². The molecule has 1 heterocycles. The van der Waals surface area contributed by atoms with Crippen molar-refractivity contribution in [3.63, 3.8) is 0 Å². The standard InChI is InChI=1S/C20H18O4S/c1-20(2)17(13-9-11-15(12-10-13)25(3)23)16(19(22)24-20)18(21)14-7-5-4-6-8-14/h4-12H,1-3H3. The zero-order valence-corrected chi connectivity index (χ0v) is 15.1. The Labute approximate surface area is 149 Å². The quantitative estimate of drug-likeness (QED) is 0.365. The van der Waals surface area contributed by atoms with Crippen molar-refractivity contribution in [2.24, 2.45) is 0 Å². The number of ketones is 1. The van der Waals surface area contributed by atoms with Gasteiger partial charge in [-0.2, -0.15) is 0 Å². The molecule has 128 valence electrons. The molecule has 5 heteroatoms. The van der Waals surface area contributed by atoms with Gasteiger partial charge in [0.2, 0.25) is 5.78 Å². The van der Waals surface area contributed by atoms with E-state index in [9.17, 15) is 14.1 Å². The maximum Gasteiger partial charge on any atom is 0.343 e. The van der Waals surface area contributed by atoms with Gasteiger partial charge in [0.15, 0.2) is 4.90 Å². The van der Waals surface area contributed by atoms with Crippen LogP contribution in [0, 0.1) is 0 Å². The van der Waals surface area contributed by atoms with Gasteiger partial charge in [0.25, 0.3) is 0 Å². The van der Waals surface area contributed by atoms with Crippen molar-refractivity contribution in [1.82, 2.24) is 0 Å². The molecule has 1 aliphatic heterocycles. The van der Waals surface area contributed by atoms with Crippen LogP contribution in [0.25, 0.3) is 5.57 Å². The lowest BCUT2D eigenvalue weighted by molar-refractivity contribution is -0.143. The van der Waals surface area contributed by atoms with Crippen LogP contribution in [0.5, 0.6) is 0 Å². The van der Waals surface area contributed by atoms with Gasteiger partial charge in [0, 0.05) is 11.1 Å². The summed E-state index contributed by atoms with van der Waals surface area (Å²) in [5, 5.41) is 0. The highest BCUT2D eigenvalue weighted by Gasteiger charge is 2.44. The third-order valence-electron chi connectivity index (χ3n) is 4.14. The largest absolute Gasteiger partial charge is 0.612 e. The van der Waals surface area contributed by atoms with E-state index in [2.05, 4.69) is 0 Å². The average molecular weight is 354 g/mol. The highest BCUT2D eigenvalue weighted by molar-refractivity contribution is 7.90. The molecule has 0 saturated heterocycles. The number of carbonyl (C=O) groups is 2. The summed E-state index contributed by atoms with van der Waals surface area (Å²) in [6.45, 7) is 3.52. The summed E-state index contributed by atoms with van der Waals surface area (Å²) in [7, 11) is 0. The van der Waals surface area contributed by atoms with Crippen LogP contribution >= 0.6 is 0 Å². The van der Waals surface area contributed by atoms with Crippen LogP contribution in [-0.4, -0.2) is 28.2 Å². The molecule has 0 bridgehead atoms. The molecule has 2 aromatic rings. The SMILES string of the molecule is C[S+]([O-])c1ccc(C2=C(C(=O)c3ccccc3)C(=O)OC2(C)C)cc1. The number of hydrogen-bond acceptors (Lipinski definition) is 4. The zero-order chi connectivity index (χ0) is 18.2. The number of esters is 1. The first-order valence-corrected chi connectivity index (χ1v) is 9.39. The molecule has 4 nitrogen and oxygen atoms in total. The van der Waals surface area contributed by atoms with Gasteiger partial charge in [-0.3, -0.25) is 4.79 Å². The van der Waals surface area contributed by atoms with Gasteiger partial charge in [-0.25, -0.2) is 4.79 Å². The Morgan fingerprint density at radius 2 is 1.64 bits per heavy atom. The molecule has 0 fully saturated rings. The fraction of sp³-hybridized carbons (Fsp3) is 0.200. The molecule has 1 aliphatic rings. The monoisotopic (exact) mass is 354 g/mol. The normalized spacial score (nSPS) is 17.4. The molecule has 0 spiro atoms. The summed E-state index contributed by atoms with van der Waals surface area (Å²) in [6.07, 6.45) is 1.60. The van der Waals surface area contributed by atoms with Gasteiger partial charge in [0.05, 0.1) is 0 Å². The van der Waals surface area contributed by atoms with E-state index in [0.29, 0.717) is 21.6 Å². The van der Waals surface area contributed by atoms with Crippen molar-refractivity contribution in [2.75, 3.05) is 6.26 Å². The van der Waals surface area contributed by atoms with E-state index < -0.39 is 22.7 Å². The van der Waals surface area contributed by atoms with Crippen molar-refractivity contribution >= 4 is 28.5 Å². The molecule has 0 N–H and O–H groups in total. The molecule has 2 aromatic carbocycles. The zero-order valence-electron chi connectivity index (χ0n) is 14.2. The van der Waals surface area contributed by atoms with Crippen molar-refractivity contribution < 1.29 is 18.9 Å². The van der Waals surface area contributed by atoms with Gasteiger partial charge >= 0.3 is 5.97 Å². The molecule has 1 atom stereocenters. The second-order valence-electron chi connectivity index (χ2n) is 6.32. The van der Waals surface area contributed by atoms with Crippen LogP contribution in [0.3, 0.4) is 0 Å². The van der Waals surface area contributed by atoms with E-state index in [1.54, 1.807) is 68.6 Å². The van der Waals surface area contributed by atoms with E-state index in [-0.39, 0.29) is 11.4 Å². The van der Waals surface area contributed by atoms with Gasteiger partial charge < -0.3 is 9.29 Å². The number of ether oxygens (including phenoxy) is 1. The minimum absolute atomic E-state index is 0.0570. The second kappa shape index (κ2) is 6.50. The van der Waals surface area contributed by atoms with Crippen molar-refractivity contribution in [3.8, 4) is 0 Å². The Bertz CT molecular complexity index is 849. The molecule has 0 aromatic heterocycles.